The number of hydrogen-bond donors (Lipinski definition) is 0. The number of hydrogen-bond acceptors (Lipinski definition) is 2. The lowest BCUT2D eigenvalue weighted by molar-refractivity contribution is 0.529. The summed E-state index contributed by atoms with van der Waals surface area (Å²) in [5.41, 5.74) is 3.38. The Morgan fingerprint density at radius 3 is 2.80 bits per heavy atom. The number of nitrogens with zero attached hydrogens (tertiary/aromatic N) is 4. The Morgan fingerprint density at radius 2 is 2.05 bits per heavy atom. The van der Waals surface area contributed by atoms with Gasteiger partial charge in [-0.2, -0.15) is 5.10 Å². The van der Waals surface area contributed by atoms with Crippen molar-refractivity contribution in [3.05, 3.63) is 48.0 Å². The number of para-hydroxylation sites is 2. The normalized spacial score (nSPS) is 11.3. The van der Waals surface area contributed by atoms with Crippen LogP contribution in [0.5, 0.6) is 0 Å². The van der Waals surface area contributed by atoms with Crippen molar-refractivity contribution >= 4 is 22.6 Å². The molecule has 0 bridgehead atoms. The number of benzene rings is 1. The molecule has 1 aromatic carbocycles. The lowest BCUT2D eigenvalue weighted by Crippen LogP contribution is -2.11. The molecule has 0 fully saturated rings. The summed E-state index contributed by atoms with van der Waals surface area (Å²) in [5.74, 6) is 1.63. The van der Waals surface area contributed by atoms with Gasteiger partial charge in [0.05, 0.1) is 23.8 Å². The molecule has 0 saturated carbocycles. The van der Waals surface area contributed by atoms with E-state index in [1.807, 2.05) is 29.1 Å². The highest BCUT2D eigenvalue weighted by molar-refractivity contribution is 6.17. The zero-order valence-corrected chi connectivity index (χ0v) is 12.2. The summed E-state index contributed by atoms with van der Waals surface area (Å²) in [7, 11) is 0. The molecule has 0 radical (unpaired) electrons. The SMILES string of the molecule is Cc1cnn(CCn2c(CCCl)nc3ccccc32)c1. The molecular weight excluding hydrogens is 272 g/mol. The molecule has 0 aliphatic carbocycles. The van der Waals surface area contributed by atoms with Gasteiger partial charge in [-0.05, 0) is 24.6 Å². The molecule has 0 aliphatic heterocycles. The number of aryl methyl sites for hydroxylation is 4. The van der Waals surface area contributed by atoms with Crippen LogP contribution >= 0.6 is 11.6 Å². The van der Waals surface area contributed by atoms with Crippen LogP contribution in [0.25, 0.3) is 11.0 Å². The van der Waals surface area contributed by atoms with E-state index in [-0.39, 0.29) is 0 Å². The van der Waals surface area contributed by atoms with Crippen molar-refractivity contribution in [2.75, 3.05) is 5.88 Å². The molecule has 0 atom stereocenters. The van der Waals surface area contributed by atoms with Gasteiger partial charge >= 0.3 is 0 Å². The van der Waals surface area contributed by atoms with E-state index >= 15 is 0 Å². The maximum atomic E-state index is 5.89. The average molecular weight is 289 g/mol. The van der Waals surface area contributed by atoms with E-state index in [1.165, 1.54) is 5.56 Å². The largest absolute Gasteiger partial charge is 0.326 e. The van der Waals surface area contributed by atoms with E-state index in [1.54, 1.807) is 0 Å². The second-order valence-corrected chi connectivity index (χ2v) is 5.27. The first-order valence-corrected chi connectivity index (χ1v) is 7.30. The quantitative estimate of drug-likeness (QED) is 0.677. The Morgan fingerprint density at radius 1 is 1.20 bits per heavy atom. The molecule has 104 valence electrons. The molecule has 0 N–H and O–H groups in total. The van der Waals surface area contributed by atoms with Crippen LogP contribution in [0.4, 0.5) is 0 Å². The highest BCUT2D eigenvalue weighted by atomic mass is 35.5. The minimum atomic E-state index is 0.587. The van der Waals surface area contributed by atoms with Gasteiger partial charge in [0.2, 0.25) is 0 Å². The van der Waals surface area contributed by atoms with Crippen LogP contribution in [0.15, 0.2) is 36.7 Å². The van der Waals surface area contributed by atoms with Crippen LogP contribution in [0.2, 0.25) is 0 Å². The highest BCUT2D eigenvalue weighted by Gasteiger charge is 2.09. The molecule has 0 aliphatic rings. The first-order chi connectivity index (χ1) is 9.78. The molecule has 0 amide bonds. The minimum Gasteiger partial charge on any atom is -0.326 e. The molecule has 2 aromatic heterocycles. The lowest BCUT2D eigenvalue weighted by Gasteiger charge is -2.08. The summed E-state index contributed by atoms with van der Waals surface area (Å²) in [4.78, 5) is 4.67. The molecule has 0 unspecified atom stereocenters. The highest BCUT2D eigenvalue weighted by Crippen LogP contribution is 2.17. The fraction of sp³-hybridized carbons (Fsp3) is 0.333. The minimum absolute atomic E-state index is 0.587. The van der Waals surface area contributed by atoms with Crippen molar-refractivity contribution in [1.82, 2.24) is 19.3 Å². The molecular formula is C15H17ClN4. The second-order valence-electron chi connectivity index (χ2n) is 4.89. The Labute approximate surface area is 123 Å². The van der Waals surface area contributed by atoms with Gasteiger partial charge in [0.15, 0.2) is 0 Å². The van der Waals surface area contributed by atoms with Gasteiger partial charge in [-0.25, -0.2) is 4.98 Å². The fourth-order valence-corrected chi connectivity index (χ4v) is 2.61. The number of fused-ring (bicyclic) bond motifs is 1. The van der Waals surface area contributed by atoms with Crippen molar-refractivity contribution in [1.29, 1.82) is 0 Å². The van der Waals surface area contributed by atoms with E-state index in [9.17, 15) is 0 Å². The van der Waals surface area contributed by atoms with Gasteiger partial charge in [-0.15, -0.1) is 11.6 Å². The Hall–Kier alpha value is -1.81. The zero-order valence-electron chi connectivity index (χ0n) is 11.5. The fourth-order valence-electron chi connectivity index (χ4n) is 2.44. The molecule has 5 heteroatoms. The smallest absolute Gasteiger partial charge is 0.111 e. The number of aromatic nitrogens is 4. The Bertz CT molecular complexity index is 714. The maximum Gasteiger partial charge on any atom is 0.111 e. The third-order valence-electron chi connectivity index (χ3n) is 3.37. The number of halogens is 1. The maximum absolute atomic E-state index is 5.89. The number of rotatable bonds is 5. The summed E-state index contributed by atoms with van der Waals surface area (Å²) >= 11 is 5.89. The second kappa shape index (κ2) is 5.67. The molecule has 0 spiro atoms. The molecule has 20 heavy (non-hydrogen) atoms. The molecule has 2 heterocycles. The summed E-state index contributed by atoms with van der Waals surface area (Å²) in [5, 5.41) is 4.33. The van der Waals surface area contributed by atoms with Gasteiger partial charge in [-0.1, -0.05) is 12.1 Å². The van der Waals surface area contributed by atoms with Crippen LogP contribution < -0.4 is 0 Å². The third-order valence-corrected chi connectivity index (χ3v) is 3.56. The summed E-state index contributed by atoms with van der Waals surface area (Å²) < 4.78 is 4.21. The van der Waals surface area contributed by atoms with Gasteiger partial charge in [0.25, 0.3) is 0 Å². The predicted octanol–water partition coefficient (Wildman–Crippen LogP) is 3.02. The monoisotopic (exact) mass is 288 g/mol. The lowest BCUT2D eigenvalue weighted by atomic mass is 10.3. The number of alkyl halides is 1. The zero-order chi connectivity index (χ0) is 13.9. The topological polar surface area (TPSA) is 35.6 Å². The van der Waals surface area contributed by atoms with Crippen molar-refractivity contribution in [2.24, 2.45) is 0 Å². The van der Waals surface area contributed by atoms with Gasteiger partial charge in [0, 0.05) is 25.0 Å². The van der Waals surface area contributed by atoms with E-state index < -0.39 is 0 Å². The van der Waals surface area contributed by atoms with E-state index in [2.05, 4.69) is 33.8 Å². The molecule has 0 saturated heterocycles. The first kappa shape index (κ1) is 13.2. The van der Waals surface area contributed by atoms with E-state index in [0.717, 1.165) is 36.4 Å². The van der Waals surface area contributed by atoms with Crippen LogP contribution in [-0.4, -0.2) is 25.2 Å². The van der Waals surface area contributed by atoms with Gasteiger partial charge < -0.3 is 4.57 Å². The van der Waals surface area contributed by atoms with Crippen molar-refractivity contribution in [3.63, 3.8) is 0 Å². The van der Waals surface area contributed by atoms with Gasteiger partial charge in [-0.3, -0.25) is 4.68 Å². The van der Waals surface area contributed by atoms with Crippen LogP contribution in [0.1, 0.15) is 11.4 Å². The summed E-state index contributed by atoms with van der Waals surface area (Å²) in [6.07, 6.45) is 4.72. The van der Waals surface area contributed by atoms with E-state index in [0.29, 0.717) is 5.88 Å². The van der Waals surface area contributed by atoms with Gasteiger partial charge in [0.1, 0.15) is 5.82 Å². The van der Waals surface area contributed by atoms with Crippen molar-refractivity contribution in [2.45, 2.75) is 26.4 Å². The van der Waals surface area contributed by atoms with Crippen molar-refractivity contribution < 1.29 is 0 Å². The number of imidazole rings is 1. The summed E-state index contributed by atoms with van der Waals surface area (Å²) in [6.45, 7) is 3.74. The van der Waals surface area contributed by atoms with Crippen molar-refractivity contribution in [3.8, 4) is 0 Å². The van der Waals surface area contributed by atoms with Crippen LogP contribution in [0.3, 0.4) is 0 Å². The standard InChI is InChI=1S/C15H17ClN4/c1-12-10-17-19(11-12)8-9-20-14-5-3-2-4-13(14)18-15(20)6-7-16/h2-5,10-11H,6-9H2,1H3. The third kappa shape index (κ3) is 2.56. The Balaban J connectivity index is 1.90. The van der Waals surface area contributed by atoms with E-state index in [4.69, 9.17) is 11.6 Å². The van der Waals surface area contributed by atoms with Crippen LogP contribution in [0, 0.1) is 6.92 Å². The predicted molar refractivity (Wildman–Crippen MR) is 81.1 cm³/mol. The Kier molecular flexibility index (Phi) is 3.74. The first-order valence-electron chi connectivity index (χ1n) is 6.77. The molecule has 4 nitrogen and oxygen atoms in total. The average Bonchev–Trinajstić information content (AvgIpc) is 3.00. The van der Waals surface area contributed by atoms with Crippen LogP contribution in [-0.2, 0) is 19.5 Å². The molecule has 3 aromatic rings. The summed E-state index contributed by atoms with van der Waals surface area (Å²) in [6, 6.07) is 8.21. The molecule has 3 rings (SSSR count).